The van der Waals surface area contributed by atoms with E-state index in [2.05, 4.69) is 0 Å². The smallest absolute Gasteiger partial charge is 0.475 e. The van der Waals surface area contributed by atoms with Gasteiger partial charge in [-0.25, -0.2) is 4.79 Å². The minimum Gasteiger partial charge on any atom is -0.475 e. The van der Waals surface area contributed by atoms with Gasteiger partial charge < -0.3 is 16.6 Å². The van der Waals surface area contributed by atoms with Crippen LogP contribution >= 0.6 is 0 Å². The van der Waals surface area contributed by atoms with Crippen LogP contribution in [0.1, 0.15) is 33.6 Å². The lowest BCUT2D eigenvalue weighted by Gasteiger charge is -2.19. The van der Waals surface area contributed by atoms with Gasteiger partial charge in [-0.2, -0.15) is 13.2 Å². The minimum absolute atomic E-state index is 0.463. The second-order valence-electron chi connectivity index (χ2n) is 4.97. The molecule has 0 aliphatic rings. The lowest BCUT2D eigenvalue weighted by atomic mass is 9.97. The predicted octanol–water partition coefficient (Wildman–Crippen LogP) is 1.28. The summed E-state index contributed by atoms with van der Waals surface area (Å²) in [4.78, 5) is 19.8. The SMILES string of the molecule is CC(C)=CS(=O)CCCC(C)(N)C(N)=O.O=C(O)C(F)(F)F. The first kappa shape index (κ1) is 22.9. The Labute approximate surface area is 129 Å². The summed E-state index contributed by atoms with van der Waals surface area (Å²) in [6.07, 6.45) is -3.99. The summed E-state index contributed by atoms with van der Waals surface area (Å²) in [6.45, 7) is 5.39. The van der Waals surface area contributed by atoms with E-state index in [1.165, 1.54) is 0 Å². The van der Waals surface area contributed by atoms with Crippen LogP contribution < -0.4 is 11.5 Å². The lowest BCUT2D eigenvalue weighted by molar-refractivity contribution is -0.192. The van der Waals surface area contributed by atoms with Crippen LogP contribution in [0.4, 0.5) is 13.2 Å². The second kappa shape index (κ2) is 9.57. The molecule has 0 heterocycles. The van der Waals surface area contributed by atoms with Crippen molar-refractivity contribution < 1.29 is 32.1 Å². The van der Waals surface area contributed by atoms with Gasteiger partial charge in [-0.15, -0.1) is 0 Å². The number of carboxylic acid groups (broad SMARTS) is 1. The predicted molar refractivity (Wildman–Crippen MR) is 77.2 cm³/mol. The number of hydrogen-bond acceptors (Lipinski definition) is 4. The summed E-state index contributed by atoms with van der Waals surface area (Å²) in [6, 6.07) is 0. The highest BCUT2D eigenvalue weighted by atomic mass is 32.2. The van der Waals surface area contributed by atoms with E-state index in [9.17, 15) is 22.2 Å². The first-order chi connectivity index (χ1) is 9.70. The summed E-state index contributed by atoms with van der Waals surface area (Å²) in [5.41, 5.74) is 10.8. The van der Waals surface area contributed by atoms with Crippen molar-refractivity contribution in [1.29, 1.82) is 0 Å². The molecule has 22 heavy (non-hydrogen) atoms. The highest BCUT2D eigenvalue weighted by Crippen LogP contribution is 2.13. The van der Waals surface area contributed by atoms with Crippen LogP contribution in [0, 0.1) is 0 Å². The fraction of sp³-hybridized carbons (Fsp3) is 0.667. The highest BCUT2D eigenvalue weighted by molar-refractivity contribution is 7.87. The van der Waals surface area contributed by atoms with Gasteiger partial charge in [0, 0.05) is 22.0 Å². The van der Waals surface area contributed by atoms with Gasteiger partial charge in [0.05, 0.1) is 5.54 Å². The third-order valence-corrected chi connectivity index (χ3v) is 3.64. The molecule has 130 valence electrons. The topological polar surface area (TPSA) is 123 Å². The number of rotatable bonds is 6. The van der Waals surface area contributed by atoms with Crippen LogP contribution in [-0.2, 0) is 20.4 Å². The maximum Gasteiger partial charge on any atom is 0.490 e. The molecule has 0 aromatic heterocycles. The van der Waals surface area contributed by atoms with E-state index in [-0.39, 0.29) is 0 Å². The number of carbonyl (C=O) groups excluding carboxylic acids is 1. The Bertz CT molecular complexity index is 444. The van der Waals surface area contributed by atoms with E-state index in [0.717, 1.165) is 5.57 Å². The van der Waals surface area contributed by atoms with Crippen LogP contribution in [0.15, 0.2) is 11.0 Å². The molecule has 0 aromatic carbocycles. The van der Waals surface area contributed by atoms with Crippen molar-refractivity contribution in [2.75, 3.05) is 5.75 Å². The van der Waals surface area contributed by atoms with Gasteiger partial charge in [0.2, 0.25) is 5.91 Å². The number of halogens is 3. The molecule has 0 rings (SSSR count). The maximum atomic E-state index is 11.4. The third-order valence-electron chi connectivity index (χ3n) is 2.21. The summed E-state index contributed by atoms with van der Waals surface area (Å²) in [5, 5.41) is 8.83. The molecule has 0 fully saturated rings. The van der Waals surface area contributed by atoms with Crippen LogP contribution in [0.3, 0.4) is 0 Å². The van der Waals surface area contributed by atoms with Gasteiger partial charge in [-0.05, 0) is 33.6 Å². The average Bonchev–Trinajstić information content (AvgIpc) is 2.26. The first-order valence-corrected chi connectivity index (χ1v) is 7.49. The van der Waals surface area contributed by atoms with Crippen LogP contribution in [0.2, 0.25) is 0 Å². The number of alkyl halides is 3. The zero-order chi connectivity index (χ0) is 18.1. The number of carbonyl (C=O) groups is 2. The number of aliphatic carboxylic acids is 1. The Morgan fingerprint density at radius 3 is 1.95 bits per heavy atom. The van der Waals surface area contributed by atoms with Gasteiger partial charge in [0.15, 0.2) is 0 Å². The van der Waals surface area contributed by atoms with Crippen molar-refractivity contribution in [3.8, 4) is 0 Å². The molecular weight excluding hydrogens is 325 g/mol. The Kier molecular flexibility index (Phi) is 9.94. The average molecular weight is 346 g/mol. The molecule has 2 atom stereocenters. The van der Waals surface area contributed by atoms with Crippen molar-refractivity contribution in [3.63, 3.8) is 0 Å². The monoisotopic (exact) mass is 346 g/mol. The molecule has 10 heteroatoms. The normalized spacial score (nSPS) is 14.9. The number of allylic oxidation sites excluding steroid dienone is 1. The van der Waals surface area contributed by atoms with Gasteiger partial charge in [-0.1, -0.05) is 5.57 Å². The van der Waals surface area contributed by atoms with Crippen LogP contribution in [0.5, 0.6) is 0 Å². The fourth-order valence-corrected chi connectivity index (χ4v) is 2.10. The zero-order valence-corrected chi connectivity index (χ0v) is 13.4. The molecule has 0 bridgehead atoms. The van der Waals surface area contributed by atoms with Crippen LogP contribution in [-0.4, -0.2) is 38.7 Å². The molecule has 2 unspecified atom stereocenters. The molecule has 0 saturated carbocycles. The van der Waals surface area contributed by atoms with Gasteiger partial charge in [-0.3, -0.25) is 9.00 Å². The van der Waals surface area contributed by atoms with Crippen molar-refractivity contribution in [2.45, 2.75) is 45.3 Å². The molecule has 0 radical (unpaired) electrons. The number of carboxylic acids is 1. The van der Waals surface area contributed by atoms with E-state index >= 15 is 0 Å². The molecule has 0 spiro atoms. The molecule has 5 N–H and O–H groups in total. The van der Waals surface area contributed by atoms with Gasteiger partial charge in [0.1, 0.15) is 0 Å². The van der Waals surface area contributed by atoms with E-state index in [0.29, 0.717) is 18.6 Å². The first-order valence-electron chi connectivity index (χ1n) is 6.11. The quantitative estimate of drug-likeness (QED) is 0.668. The number of primary amides is 1. The van der Waals surface area contributed by atoms with Crippen molar-refractivity contribution in [3.05, 3.63) is 11.0 Å². The van der Waals surface area contributed by atoms with Crippen molar-refractivity contribution in [1.82, 2.24) is 0 Å². The summed E-state index contributed by atoms with van der Waals surface area (Å²) < 4.78 is 43.1. The van der Waals surface area contributed by atoms with Crippen molar-refractivity contribution >= 4 is 22.7 Å². The molecule has 6 nitrogen and oxygen atoms in total. The Balaban J connectivity index is 0. The molecule has 0 aromatic rings. The third kappa shape index (κ3) is 12.3. The Hall–Kier alpha value is -1.42. The van der Waals surface area contributed by atoms with Crippen molar-refractivity contribution in [2.24, 2.45) is 11.5 Å². The Morgan fingerprint density at radius 1 is 1.27 bits per heavy atom. The highest BCUT2D eigenvalue weighted by Gasteiger charge is 2.38. The van der Waals surface area contributed by atoms with E-state index in [4.69, 9.17) is 21.4 Å². The standard InChI is InChI=1S/C10H20N2O2S.C2HF3O2/c1-8(2)7-15(14)6-4-5-10(3,12)9(11)13;3-2(4,5)1(6)7/h7H,4-6,12H2,1-3H3,(H2,11,13);(H,6,7). The summed E-state index contributed by atoms with van der Waals surface area (Å²) >= 11 is 0. The van der Waals surface area contributed by atoms with Crippen LogP contribution in [0.25, 0.3) is 0 Å². The molecule has 1 amide bonds. The van der Waals surface area contributed by atoms with Gasteiger partial charge in [0.25, 0.3) is 0 Å². The minimum atomic E-state index is -5.08. The number of amides is 1. The maximum absolute atomic E-state index is 11.4. The fourth-order valence-electron chi connectivity index (χ4n) is 1.03. The van der Waals surface area contributed by atoms with Gasteiger partial charge >= 0.3 is 12.1 Å². The zero-order valence-electron chi connectivity index (χ0n) is 12.6. The number of hydrogen-bond donors (Lipinski definition) is 3. The van der Waals surface area contributed by atoms with E-state index in [1.807, 2.05) is 13.8 Å². The summed E-state index contributed by atoms with van der Waals surface area (Å²) in [7, 11) is -0.968. The summed E-state index contributed by atoms with van der Waals surface area (Å²) in [5.74, 6) is -2.76. The molecular formula is C12H21F3N2O4S. The van der Waals surface area contributed by atoms with E-state index < -0.39 is 34.4 Å². The second-order valence-corrected chi connectivity index (χ2v) is 6.37. The Morgan fingerprint density at radius 2 is 1.68 bits per heavy atom. The van der Waals surface area contributed by atoms with E-state index in [1.54, 1.807) is 12.3 Å². The molecule has 0 saturated heterocycles. The number of nitrogens with two attached hydrogens (primary N) is 2. The molecule has 0 aliphatic heterocycles. The molecule has 0 aliphatic carbocycles. The largest absolute Gasteiger partial charge is 0.490 e. The lowest BCUT2D eigenvalue weighted by Crippen LogP contribution is -2.49.